The highest BCUT2D eigenvalue weighted by atomic mass is 16.6. The number of nitrogen functional groups attached to an aromatic ring is 1. The number of aliphatic hydroxyl groups is 1. The molecule has 0 atom stereocenters. The number of aromatic nitrogens is 1. The second kappa shape index (κ2) is 17.4. The third-order valence-corrected chi connectivity index (χ3v) is 9.72. The quantitative estimate of drug-likeness (QED) is 0.0938. The molecule has 0 radical (unpaired) electrons. The molecule has 0 spiro atoms. The number of anilines is 2. The fraction of sp³-hybridized carbons (Fsp3) is 0.429. The van der Waals surface area contributed by atoms with Crippen molar-refractivity contribution in [1.82, 2.24) is 14.4 Å². The molecule has 13 heteroatoms. The Bertz CT molecular complexity index is 2060. The summed E-state index contributed by atoms with van der Waals surface area (Å²) >= 11 is 0. The van der Waals surface area contributed by atoms with Crippen molar-refractivity contribution < 1.29 is 38.5 Å². The first kappa shape index (κ1) is 40.8. The van der Waals surface area contributed by atoms with E-state index >= 15 is 0 Å². The minimum atomic E-state index is -0.763. The first-order valence-corrected chi connectivity index (χ1v) is 18.6. The summed E-state index contributed by atoms with van der Waals surface area (Å²) in [7, 11) is 5.06. The normalized spacial score (nSPS) is 13.5. The van der Waals surface area contributed by atoms with Crippen molar-refractivity contribution in [2.45, 2.75) is 65.6 Å². The molecule has 1 aliphatic rings. The SMILES string of the molecule is COc1c(C(=O)c2cccc3c2c(CO)cn3C(=O)OC(C)(C)C)ccc(C(=O)N(C)c2ccc(C)cc2OCCCCCC(=O)N2CCN(C)CC2)c1N. The number of fused-ring (bicyclic) bond motifs is 1. The summed E-state index contributed by atoms with van der Waals surface area (Å²) in [4.78, 5) is 59.4. The highest BCUT2D eigenvalue weighted by Crippen LogP contribution is 2.37. The Labute approximate surface area is 322 Å². The van der Waals surface area contributed by atoms with Gasteiger partial charge in [0.1, 0.15) is 11.4 Å². The van der Waals surface area contributed by atoms with Crippen LogP contribution >= 0.6 is 0 Å². The van der Waals surface area contributed by atoms with Gasteiger partial charge in [0.2, 0.25) is 5.91 Å². The molecule has 1 fully saturated rings. The topological polar surface area (TPSA) is 157 Å². The molecule has 3 N–H and O–H groups in total. The molecule has 3 aromatic carbocycles. The van der Waals surface area contributed by atoms with Gasteiger partial charge in [-0.05, 0) is 89.9 Å². The maximum Gasteiger partial charge on any atom is 0.419 e. The van der Waals surface area contributed by atoms with Crippen LogP contribution < -0.4 is 20.1 Å². The number of nitrogens with zero attached hydrogens (tertiary/aromatic N) is 4. The molecule has 294 valence electrons. The molecule has 13 nitrogen and oxygen atoms in total. The maximum atomic E-state index is 14.2. The fourth-order valence-electron chi connectivity index (χ4n) is 6.72. The summed E-state index contributed by atoms with van der Waals surface area (Å²) in [6, 6.07) is 13.4. The van der Waals surface area contributed by atoms with Crippen LogP contribution in [0.25, 0.3) is 10.9 Å². The lowest BCUT2D eigenvalue weighted by atomic mass is 9.95. The van der Waals surface area contributed by atoms with Gasteiger partial charge in [0.05, 0.1) is 48.3 Å². The van der Waals surface area contributed by atoms with Crippen LogP contribution in [-0.2, 0) is 16.1 Å². The lowest BCUT2D eigenvalue weighted by Crippen LogP contribution is -2.47. The number of benzene rings is 3. The van der Waals surface area contributed by atoms with E-state index in [0.29, 0.717) is 40.9 Å². The van der Waals surface area contributed by atoms with E-state index in [9.17, 15) is 24.3 Å². The Balaban J connectivity index is 1.31. The van der Waals surface area contributed by atoms with Crippen molar-refractivity contribution in [3.63, 3.8) is 0 Å². The predicted molar refractivity (Wildman–Crippen MR) is 212 cm³/mol. The first-order valence-electron chi connectivity index (χ1n) is 18.6. The van der Waals surface area contributed by atoms with Crippen molar-refractivity contribution in [3.05, 3.63) is 82.5 Å². The van der Waals surface area contributed by atoms with E-state index in [1.807, 2.05) is 30.0 Å². The van der Waals surface area contributed by atoms with Crippen LogP contribution in [0.15, 0.2) is 54.7 Å². The van der Waals surface area contributed by atoms with Gasteiger partial charge >= 0.3 is 6.09 Å². The Hall–Kier alpha value is -5.40. The van der Waals surface area contributed by atoms with Gasteiger partial charge in [-0.2, -0.15) is 0 Å². The molecule has 0 bridgehead atoms. The Morgan fingerprint density at radius 3 is 2.31 bits per heavy atom. The number of amides is 2. The number of ketones is 1. The zero-order chi connectivity index (χ0) is 40.0. The number of hydrogen-bond donors (Lipinski definition) is 2. The minimum Gasteiger partial charge on any atom is -0.494 e. The summed E-state index contributed by atoms with van der Waals surface area (Å²) in [5.41, 5.74) is 8.47. The van der Waals surface area contributed by atoms with Gasteiger partial charge in [-0.1, -0.05) is 18.2 Å². The van der Waals surface area contributed by atoms with Crippen molar-refractivity contribution >= 4 is 46.0 Å². The molecular weight excluding hydrogens is 702 g/mol. The van der Waals surface area contributed by atoms with Crippen LogP contribution in [0.3, 0.4) is 0 Å². The van der Waals surface area contributed by atoms with Crippen LogP contribution in [0.1, 0.15) is 83.9 Å². The van der Waals surface area contributed by atoms with E-state index in [1.54, 1.807) is 46.0 Å². The number of carbonyl (C=O) groups excluding carboxylic acids is 4. The zero-order valence-electron chi connectivity index (χ0n) is 32.9. The van der Waals surface area contributed by atoms with Crippen LogP contribution in [0.2, 0.25) is 0 Å². The van der Waals surface area contributed by atoms with E-state index in [4.69, 9.17) is 19.9 Å². The Kier molecular flexibility index (Phi) is 12.9. The minimum absolute atomic E-state index is 0.0184. The van der Waals surface area contributed by atoms with E-state index < -0.39 is 30.0 Å². The molecule has 55 heavy (non-hydrogen) atoms. The van der Waals surface area contributed by atoms with Gasteiger partial charge in [0, 0.05) is 62.4 Å². The number of nitrogens with two attached hydrogens (primary N) is 1. The number of methoxy groups -OCH3 is 1. The van der Waals surface area contributed by atoms with Crippen LogP contribution in [0, 0.1) is 6.92 Å². The summed E-state index contributed by atoms with van der Waals surface area (Å²) in [6.45, 7) is 10.5. The van der Waals surface area contributed by atoms with Crippen LogP contribution in [0.4, 0.5) is 16.2 Å². The summed E-state index contributed by atoms with van der Waals surface area (Å²) in [6.07, 6.45) is 3.70. The van der Waals surface area contributed by atoms with Gasteiger partial charge < -0.3 is 39.8 Å². The Morgan fingerprint density at radius 2 is 1.64 bits per heavy atom. The summed E-state index contributed by atoms with van der Waals surface area (Å²) in [5.74, 6) is -0.162. The average Bonchev–Trinajstić information content (AvgIpc) is 3.54. The van der Waals surface area contributed by atoms with Crippen molar-refractivity contribution in [2.24, 2.45) is 0 Å². The van der Waals surface area contributed by atoms with E-state index in [1.165, 1.54) is 34.9 Å². The Morgan fingerprint density at radius 1 is 0.927 bits per heavy atom. The molecule has 1 aliphatic heterocycles. The van der Waals surface area contributed by atoms with E-state index in [2.05, 4.69) is 11.9 Å². The molecule has 0 saturated carbocycles. The molecule has 0 unspecified atom stereocenters. The smallest absolute Gasteiger partial charge is 0.419 e. The van der Waals surface area contributed by atoms with E-state index in [0.717, 1.165) is 51.0 Å². The molecule has 0 aliphatic carbocycles. The molecule has 5 rings (SSSR count). The number of aryl methyl sites for hydroxylation is 1. The monoisotopic (exact) mass is 755 g/mol. The largest absolute Gasteiger partial charge is 0.494 e. The second-order valence-corrected chi connectivity index (χ2v) is 15.0. The zero-order valence-corrected chi connectivity index (χ0v) is 32.9. The number of ether oxygens (including phenoxy) is 3. The van der Waals surface area contributed by atoms with Gasteiger partial charge in [-0.3, -0.25) is 19.0 Å². The van der Waals surface area contributed by atoms with Crippen molar-refractivity contribution in [1.29, 1.82) is 0 Å². The van der Waals surface area contributed by atoms with Gasteiger partial charge in [0.25, 0.3) is 5.91 Å². The molecule has 4 aromatic rings. The van der Waals surface area contributed by atoms with Gasteiger partial charge in [-0.25, -0.2) is 4.79 Å². The maximum absolute atomic E-state index is 14.2. The number of unbranched alkanes of at least 4 members (excludes halogenated alkanes) is 2. The lowest BCUT2D eigenvalue weighted by molar-refractivity contribution is -0.132. The highest BCUT2D eigenvalue weighted by Gasteiger charge is 2.28. The summed E-state index contributed by atoms with van der Waals surface area (Å²) < 4.78 is 18.7. The van der Waals surface area contributed by atoms with Gasteiger partial charge in [-0.15, -0.1) is 0 Å². The summed E-state index contributed by atoms with van der Waals surface area (Å²) in [5, 5.41) is 10.6. The standard InChI is InChI=1S/C42H53N5O8/c1-27-15-18-32(34(24-27)54-23-10-8-9-14-35(49)46-21-19-44(5)20-22-46)45(6)40(51)30-16-17-31(39(53-7)37(30)43)38(50)29-12-11-13-33-36(29)28(26-48)25-47(33)41(52)55-42(2,3)4/h11-13,15-18,24-25,48H,8-10,14,19-23,26,43H2,1-7H3. The molecule has 1 saturated heterocycles. The molecular formula is C42H53N5O8. The number of hydrogen-bond acceptors (Lipinski definition) is 10. The van der Waals surface area contributed by atoms with E-state index in [-0.39, 0.29) is 34.0 Å². The van der Waals surface area contributed by atoms with Gasteiger partial charge in [0.15, 0.2) is 11.5 Å². The third kappa shape index (κ3) is 9.29. The average molecular weight is 756 g/mol. The van der Waals surface area contributed by atoms with Crippen molar-refractivity contribution in [3.8, 4) is 11.5 Å². The third-order valence-electron chi connectivity index (χ3n) is 9.72. The van der Waals surface area contributed by atoms with Crippen LogP contribution in [-0.4, -0.2) is 103 Å². The lowest BCUT2D eigenvalue weighted by Gasteiger charge is -2.32. The number of carbonyl (C=O) groups is 4. The molecule has 2 heterocycles. The highest BCUT2D eigenvalue weighted by molar-refractivity contribution is 6.20. The molecule has 1 aromatic heterocycles. The number of aliphatic hydroxyl groups excluding tert-OH is 1. The predicted octanol–water partition coefficient (Wildman–Crippen LogP) is 6.04. The fourth-order valence-corrected chi connectivity index (χ4v) is 6.72. The number of piperazine rings is 1. The number of rotatable bonds is 13. The second-order valence-electron chi connectivity index (χ2n) is 15.0. The first-order chi connectivity index (χ1) is 26.1. The number of likely N-dealkylation sites (N-methyl/N-ethyl adjacent to an activating group) is 1. The molecule has 2 amide bonds. The van der Waals surface area contributed by atoms with Crippen molar-refractivity contribution in [2.75, 3.05) is 64.6 Å². The van der Waals surface area contributed by atoms with Crippen LogP contribution in [0.5, 0.6) is 11.5 Å².